The summed E-state index contributed by atoms with van der Waals surface area (Å²) in [6, 6.07) is 3.51. The van der Waals surface area contributed by atoms with Crippen molar-refractivity contribution in [3.8, 4) is 11.8 Å². The molecule has 20 heavy (non-hydrogen) atoms. The molecule has 2 aromatic heterocycles. The summed E-state index contributed by atoms with van der Waals surface area (Å²) in [5, 5.41) is 15.2. The van der Waals surface area contributed by atoms with Crippen molar-refractivity contribution in [1.82, 2.24) is 10.5 Å². The number of rotatable bonds is 4. The van der Waals surface area contributed by atoms with Crippen LogP contribution in [0.25, 0.3) is 0 Å². The van der Waals surface area contributed by atoms with Gasteiger partial charge in [-0.3, -0.25) is 4.79 Å². The molecule has 0 saturated carbocycles. The van der Waals surface area contributed by atoms with Gasteiger partial charge in [-0.25, -0.2) is 0 Å². The van der Waals surface area contributed by atoms with Gasteiger partial charge in [0, 0.05) is 12.5 Å². The fraction of sp³-hybridized carbons (Fsp3) is 0.286. The summed E-state index contributed by atoms with van der Waals surface area (Å²) < 4.78 is 4.69. The molecular weight excluding hydrogens is 276 g/mol. The lowest BCUT2D eigenvalue weighted by molar-refractivity contribution is 0.0954. The Morgan fingerprint density at radius 1 is 1.60 bits per heavy atom. The van der Waals surface area contributed by atoms with E-state index in [-0.39, 0.29) is 12.5 Å². The van der Waals surface area contributed by atoms with Crippen molar-refractivity contribution in [3.63, 3.8) is 0 Å². The molecule has 0 atom stereocenters. The van der Waals surface area contributed by atoms with Crippen molar-refractivity contribution in [3.05, 3.63) is 39.4 Å². The number of aliphatic hydroxyl groups excluding tert-OH is 1. The zero-order chi connectivity index (χ0) is 14.4. The maximum absolute atomic E-state index is 12.0. The van der Waals surface area contributed by atoms with E-state index < -0.39 is 0 Å². The summed E-state index contributed by atoms with van der Waals surface area (Å²) in [5.74, 6) is 5.66. The molecule has 0 saturated heterocycles. The molecule has 0 fully saturated rings. The van der Waals surface area contributed by atoms with Gasteiger partial charge in [-0.15, -0.1) is 11.3 Å². The number of nitrogens with zero attached hydrogens (tertiary/aromatic N) is 1. The van der Waals surface area contributed by atoms with Crippen molar-refractivity contribution >= 4 is 17.2 Å². The van der Waals surface area contributed by atoms with E-state index in [2.05, 4.69) is 22.3 Å². The molecule has 0 aliphatic carbocycles. The van der Waals surface area contributed by atoms with Crippen LogP contribution in [0, 0.1) is 18.8 Å². The van der Waals surface area contributed by atoms with Crippen LogP contribution in [0.3, 0.4) is 0 Å². The van der Waals surface area contributed by atoms with E-state index in [1.807, 2.05) is 13.0 Å². The molecule has 0 aliphatic heterocycles. The van der Waals surface area contributed by atoms with Crippen molar-refractivity contribution in [2.75, 3.05) is 6.61 Å². The number of aromatic nitrogens is 1. The van der Waals surface area contributed by atoms with Crippen LogP contribution in [-0.4, -0.2) is 22.8 Å². The second-order valence-corrected chi connectivity index (χ2v) is 5.12. The number of thiophene rings is 1. The Labute approximate surface area is 120 Å². The Hall–Kier alpha value is -2.10. The molecule has 6 heteroatoms. The maximum atomic E-state index is 12.0. The third kappa shape index (κ3) is 3.70. The van der Waals surface area contributed by atoms with Gasteiger partial charge in [0.25, 0.3) is 5.91 Å². The second kappa shape index (κ2) is 6.89. The van der Waals surface area contributed by atoms with Crippen LogP contribution in [0.4, 0.5) is 0 Å². The first-order valence-electron chi connectivity index (χ1n) is 6.08. The minimum atomic E-state index is -0.156. The normalized spacial score (nSPS) is 9.90. The van der Waals surface area contributed by atoms with E-state index in [9.17, 15) is 4.79 Å². The van der Waals surface area contributed by atoms with E-state index >= 15 is 0 Å². The highest BCUT2D eigenvalue weighted by Gasteiger charge is 2.11. The number of carbonyl (C=O) groups is 1. The van der Waals surface area contributed by atoms with Gasteiger partial charge >= 0.3 is 0 Å². The fourth-order valence-corrected chi connectivity index (χ4v) is 2.47. The quantitative estimate of drug-likeness (QED) is 0.841. The minimum absolute atomic E-state index is 0.0441. The Bertz CT molecular complexity index is 635. The lowest BCUT2D eigenvalue weighted by Gasteiger charge is -1.99. The standard InChI is InChI=1S/C14H14N2O3S/c1-10-8-13(20-12(10)4-2-3-6-17)14(18)15-9-11-5-7-19-16-11/h5,7-8,17H,3,6,9H2,1H3,(H,15,18). The Kier molecular flexibility index (Phi) is 4.93. The Balaban J connectivity index is 2.00. The van der Waals surface area contributed by atoms with Crippen LogP contribution in [-0.2, 0) is 6.54 Å². The van der Waals surface area contributed by atoms with Gasteiger partial charge in [0.2, 0.25) is 0 Å². The molecule has 1 amide bonds. The summed E-state index contributed by atoms with van der Waals surface area (Å²) in [6.45, 7) is 2.29. The molecule has 2 heterocycles. The highest BCUT2D eigenvalue weighted by atomic mass is 32.1. The number of aliphatic hydroxyl groups is 1. The third-order valence-corrected chi connectivity index (χ3v) is 3.65. The lowest BCUT2D eigenvalue weighted by atomic mass is 10.2. The topological polar surface area (TPSA) is 75.4 Å². The third-order valence-electron chi connectivity index (χ3n) is 2.50. The number of nitrogens with one attached hydrogen (secondary N) is 1. The van der Waals surface area contributed by atoms with Crippen LogP contribution in [0.15, 0.2) is 22.9 Å². The molecule has 104 valence electrons. The van der Waals surface area contributed by atoms with Crippen LogP contribution in [0.1, 0.15) is 32.2 Å². The zero-order valence-corrected chi connectivity index (χ0v) is 11.8. The van der Waals surface area contributed by atoms with Crippen LogP contribution < -0.4 is 5.32 Å². The summed E-state index contributed by atoms with van der Waals surface area (Å²) in [6.07, 6.45) is 1.90. The van der Waals surface area contributed by atoms with Crippen molar-refractivity contribution in [2.45, 2.75) is 19.9 Å². The summed E-state index contributed by atoms with van der Waals surface area (Å²) in [5.41, 5.74) is 1.64. The fourth-order valence-electron chi connectivity index (χ4n) is 1.50. The summed E-state index contributed by atoms with van der Waals surface area (Å²) >= 11 is 1.34. The molecule has 0 spiro atoms. The van der Waals surface area contributed by atoms with Crippen molar-refractivity contribution in [2.24, 2.45) is 0 Å². The first kappa shape index (κ1) is 14.3. The van der Waals surface area contributed by atoms with Crippen LogP contribution in [0.5, 0.6) is 0 Å². The lowest BCUT2D eigenvalue weighted by Crippen LogP contribution is -2.21. The average Bonchev–Trinajstić information content (AvgIpc) is 3.07. The molecule has 5 nitrogen and oxygen atoms in total. The predicted octanol–water partition coefficient (Wildman–Crippen LogP) is 1.71. The molecular formula is C14H14N2O3S. The van der Waals surface area contributed by atoms with E-state index in [0.29, 0.717) is 23.5 Å². The molecule has 0 unspecified atom stereocenters. The van der Waals surface area contributed by atoms with E-state index in [1.165, 1.54) is 17.6 Å². The minimum Gasteiger partial charge on any atom is -0.395 e. The van der Waals surface area contributed by atoms with Crippen LogP contribution in [0.2, 0.25) is 0 Å². The SMILES string of the molecule is Cc1cc(C(=O)NCc2ccon2)sc1C#CCCO. The van der Waals surface area contributed by atoms with Crippen molar-refractivity contribution < 1.29 is 14.4 Å². The number of amides is 1. The first-order valence-corrected chi connectivity index (χ1v) is 6.90. The predicted molar refractivity (Wildman–Crippen MR) is 75.3 cm³/mol. The second-order valence-electron chi connectivity index (χ2n) is 4.07. The number of hydrogen-bond acceptors (Lipinski definition) is 5. The molecule has 0 aromatic carbocycles. The van der Waals surface area contributed by atoms with Gasteiger partial charge in [0.05, 0.1) is 22.9 Å². The van der Waals surface area contributed by atoms with Gasteiger partial charge in [0.15, 0.2) is 0 Å². The maximum Gasteiger partial charge on any atom is 0.261 e. The Morgan fingerprint density at radius 2 is 2.45 bits per heavy atom. The largest absolute Gasteiger partial charge is 0.395 e. The first-order chi connectivity index (χ1) is 9.70. The molecule has 0 radical (unpaired) electrons. The summed E-state index contributed by atoms with van der Waals surface area (Å²) in [7, 11) is 0. The highest BCUT2D eigenvalue weighted by Crippen LogP contribution is 2.20. The molecule has 0 bridgehead atoms. The number of hydrogen-bond donors (Lipinski definition) is 2. The monoisotopic (exact) mass is 290 g/mol. The van der Waals surface area contributed by atoms with Crippen molar-refractivity contribution in [1.29, 1.82) is 0 Å². The molecule has 2 aromatic rings. The van der Waals surface area contributed by atoms with Gasteiger partial charge in [-0.1, -0.05) is 17.0 Å². The molecule has 0 aliphatic rings. The molecule has 2 N–H and O–H groups in total. The van der Waals surface area contributed by atoms with E-state index in [0.717, 1.165) is 10.4 Å². The van der Waals surface area contributed by atoms with Gasteiger partial charge in [0.1, 0.15) is 12.0 Å². The van der Waals surface area contributed by atoms with Gasteiger partial charge in [-0.2, -0.15) is 0 Å². The highest BCUT2D eigenvalue weighted by molar-refractivity contribution is 7.14. The number of aryl methyl sites for hydroxylation is 1. The van der Waals surface area contributed by atoms with E-state index in [4.69, 9.17) is 9.63 Å². The van der Waals surface area contributed by atoms with Gasteiger partial charge < -0.3 is 14.9 Å². The molecule has 2 rings (SSSR count). The van der Waals surface area contributed by atoms with Crippen LogP contribution >= 0.6 is 11.3 Å². The van der Waals surface area contributed by atoms with E-state index in [1.54, 1.807) is 6.07 Å². The number of carbonyl (C=O) groups excluding carboxylic acids is 1. The zero-order valence-electron chi connectivity index (χ0n) is 11.0. The Morgan fingerprint density at radius 3 is 3.15 bits per heavy atom. The van der Waals surface area contributed by atoms with Gasteiger partial charge in [-0.05, 0) is 18.6 Å². The average molecular weight is 290 g/mol. The summed E-state index contributed by atoms with van der Waals surface area (Å²) in [4.78, 5) is 13.5. The smallest absolute Gasteiger partial charge is 0.261 e.